The number of aromatic nitrogens is 2. The highest BCUT2D eigenvalue weighted by atomic mass is 35.5. The van der Waals surface area contributed by atoms with Crippen molar-refractivity contribution < 1.29 is 9.53 Å². The van der Waals surface area contributed by atoms with E-state index in [4.69, 9.17) is 16.3 Å². The zero-order valence-corrected chi connectivity index (χ0v) is 9.31. The third-order valence-corrected chi connectivity index (χ3v) is 2.09. The summed E-state index contributed by atoms with van der Waals surface area (Å²) in [6, 6.07) is 3.45. The van der Waals surface area contributed by atoms with Crippen LogP contribution in [0.4, 0.5) is 0 Å². The molecule has 2 aromatic heterocycles. The quantitative estimate of drug-likeness (QED) is 0.593. The molecule has 0 saturated carbocycles. The van der Waals surface area contributed by atoms with Crippen LogP contribution >= 0.6 is 11.6 Å². The van der Waals surface area contributed by atoms with Gasteiger partial charge in [-0.3, -0.25) is 4.98 Å². The van der Waals surface area contributed by atoms with E-state index in [9.17, 15) is 4.79 Å². The van der Waals surface area contributed by atoms with E-state index in [-0.39, 0.29) is 5.69 Å². The van der Waals surface area contributed by atoms with Gasteiger partial charge in [-0.1, -0.05) is 11.6 Å². The molecule has 82 valence electrons. The van der Waals surface area contributed by atoms with E-state index < -0.39 is 11.5 Å². The molecule has 0 fully saturated rings. The van der Waals surface area contributed by atoms with Crippen molar-refractivity contribution in [2.75, 3.05) is 0 Å². The minimum atomic E-state index is -0.664. The highest BCUT2D eigenvalue weighted by Gasteiger charge is 2.11. The Morgan fingerprint density at radius 1 is 1.44 bits per heavy atom. The van der Waals surface area contributed by atoms with E-state index in [0.717, 1.165) is 10.8 Å². The molecule has 5 heteroatoms. The number of carbonyl (C=O) groups excluding carboxylic acids is 1. The Balaban J connectivity index is 2.35. The van der Waals surface area contributed by atoms with Gasteiger partial charge in [-0.05, 0) is 24.4 Å². The second-order valence-corrected chi connectivity index (χ2v) is 3.86. The maximum atomic E-state index is 11.5. The van der Waals surface area contributed by atoms with Crippen molar-refractivity contribution in [1.82, 2.24) is 9.97 Å². The average molecular weight is 237 g/mol. The maximum Gasteiger partial charge on any atom is 0.358 e. The Bertz CT molecular complexity index is 528. The molecule has 0 aliphatic heterocycles. The molecule has 0 aromatic carbocycles. The van der Waals surface area contributed by atoms with Crippen LogP contribution in [0.2, 0.25) is 0 Å². The van der Waals surface area contributed by atoms with Crippen LogP contribution in [0, 0.1) is 0 Å². The number of esters is 1. The van der Waals surface area contributed by atoms with Crippen LogP contribution in [0.15, 0.2) is 30.7 Å². The van der Waals surface area contributed by atoms with Crippen LogP contribution in [0.25, 0.3) is 10.8 Å². The molecule has 0 bridgehead atoms. The Labute approximate surface area is 97.2 Å². The summed E-state index contributed by atoms with van der Waals surface area (Å²) in [7, 11) is 0. The molecule has 0 saturated heterocycles. The van der Waals surface area contributed by atoms with Crippen LogP contribution in [0.3, 0.4) is 0 Å². The number of fused-ring (bicyclic) bond motifs is 1. The number of hydrogen-bond acceptors (Lipinski definition) is 4. The van der Waals surface area contributed by atoms with E-state index in [1.807, 2.05) is 0 Å². The van der Waals surface area contributed by atoms with Crippen LogP contribution in [-0.4, -0.2) is 21.5 Å². The fraction of sp³-hybridized carbons (Fsp3) is 0.182. The predicted octanol–water partition coefficient (Wildman–Crippen LogP) is 2.37. The average Bonchev–Trinajstić information content (AvgIpc) is 2.27. The summed E-state index contributed by atoms with van der Waals surface area (Å²) in [5, 5.41) is 1.76. The molecular formula is C11H9ClN2O2. The molecular weight excluding hydrogens is 228 g/mol. The smallest absolute Gasteiger partial charge is 0.358 e. The minimum absolute atomic E-state index is 0.242. The molecule has 0 amide bonds. The van der Waals surface area contributed by atoms with Crippen molar-refractivity contribution >= 4 is 28.3 Å². The number of carbonyl (C=O) groups is 1. The molecule has 0 aliphatic carbocycles. The van der Waals surface area contributed by atoms with Gasteiger partial charge in [0.1, 0.15) is 5.69 Å². The first-order valence-corrected chi connectivity index (χ1v) is 5.15. The summed E-state index contributed by atoms with van der Waals surface area (Å²) in [6.07, 6.45) is 4.92. The van der Waals surface area contributed by atoms with Crippen molar-refractivity contribution in [3.63, 3.8) is 0 Å². The standard InChI is InChI=1S/C11H9ClN2O2/c1-7(12)16-11(15)10-4-8-2-3-13-5-9(8)6-14-10/h2-7H,1H3. The van der Waals surface area contributed by atoms with E-state index in [2.05, 4.69) is 9.97 Å². The number of pyridine rings is 2. The number of ether oxygens (including phenoxy) is 1. The monoisotopic (exact) mass is 236 g/mol. The lowest BCUT2D eigenvalue weighted by Crippen LogP contribution is -2.11. The molecule has 16 heavy (non-hydrogen) atoms. The fourth-order valence-corrected chi connectivity index (χ4v) is 1.38. The third-order valence-electron chi connectivity index (χ3n) is 2.00. The number of rotatable bonds is 2. The highest BCUT2D eigenvalue weighted by molar-refractivity contribution is 6.20. The molecule has 0 N–H and O–H groups in total. The largest absolute Gasteiger partial charge is 0.442 e. The predicted molar refractivity (Wildman–Crippen MR) is 60.3 cm³/mol. The molecule has 1 unspecified atom stereocenters. The van der Waals surface area contributed by atoms with Gasteiger partial charge in [-0.15, -0.1) is 0 Å². The van der Waals surface area contributed by atoms with Crippen molar-refractivity contribution in [3.05, 3.63) is 36.4 Å². The first-order chi connectivity index (χ1) is 7.66. The van der Waals surface area contributed by atoms with Crippen LogP contribution in [0.5, 0.6) is 0 Å². The zero-order chi connectivity index (χ0) is 11.5. The molecule has 2 rings (SSSR count). The number of hydrogen-bond donors (Lipinski definition) is 0. The van der Waals surface area contributed by atoms with E-state index >= 15 is 0 Å². The van der Waals surface area contributed by atoms with Crippen molar-refractivity contribution in [2.45, 2.75) is 12.5 Å². The Morgan fingerprint density at radius 3 is 3.00 bits per heavy atom. The Hall–Kier alpha value is -1.68. The highest BCUT2D eigenvalue weighted by Crippen LogP contribution is 2.13. The van der Waals surface area contributed by atoms with E-state index in [1.165, 1.54) is 0 Å². The van der Waals surface area contributed by atoms with Crippen molar-refractivity contribution in [3.8, 4) is 0 Å². The topological polar surface area (TPSA) is 52.1 Å². The summed E-state index contributed by atoms with van der Waals surface area (Å²) in [5.41, 5.74) is -0.423. The summed E-state index contributed by atoms with van der Waals surface area (Å²) >= 11 is 5.56. The number of alkyl halides is 1. The van der Waals surface area contributed by atoms with Gasteiger partial charge in [-0.2, -0.15) is 0 Å². The third kappa shape index (κ3) is 2.28. The number of halogens is 1. The van der Waals surface area contributed by atoms with Gasteiger partial charge in [0, 0.05) is 24.0 Å². The second-order valence-electron chi connectivity index (χ2n) is 3.24. The minimum Gasteiger partial charge on any atom is -0.442 e. The second kappa shape index (κ2) is 4.45. The van der Waals surface area contributed by atoms with Crippen LogP contribution in [0.1, 0.15) is 17.4 Å². The fourth-order valence-electron chi connectivity index (χ4n) is 1.30. The van der Waals surface area contributed by atoms with Gasteiger partial charge < -0.3 is 4.74 Å². The van der Waals surface area contributed by atoms with Gasteiger partial charge in [0.25, 0.3) is 0 Å². The summed E-state index contributed by atoms with van der Waals surface area (Å²) in [4.78, 5) is 19.5. The molecule has 2 aromatic rings. The summed E-state index contributed by atoms with van der Waals surface area (Å²) in [5.74, 6) is -0.527. The maximum absolute atomic E-state index is 11.5. The lowest BCUT2D eigenvalue weighted by Gasteiger charge is -2.05. The molecule has 0 aliphatic rings. The summed E-state index contributed by atoms with van der Waals surface area (Å²) < 4.78 is 4.83. The van der Waals surface area contributed by atoms with Crippen LogP contribution in [-0.2, 0) is 4.74 Å². The van der Waals surface area contributed by atoms with Crippen molar-refractivity contribution in [1.29, 1.82) is 0 Å². The van der Waals surface area contributed by atoms with Crippen LogP contribution < -0.4 is 0 Å². The first kappa shape index (κ1) is 10.8. The molecule has 0 spiro atoms. The van der Waals surface area contributed by atoms with Gasteiger partial charge in [0.05, 0.1) is 0 Å². The SMILES string of the molecule is CC(Cl)OC(=O)c1cc2ccncc2cn1. The molecule has 4 nitrogen and oxygen atoms in total. The molecule has 2 heterocycles. The van der Waals surface area contributed by atoms with E-state index in [1.54, 1.807) is 37.6 Å². The van der Waals surface area contributed by atoms with Crippen molar-refractivity contribution in [2.24, 2.45) is 0 Å². The van der Waals surface area contributed by atoms with Gasteiger partial charge >= 0.3 is 5.97 Å². The summed E-state index contributed by atoms with van der Waals surface area (Å²) in [6.45, 7) is 1.57. The molecule has 0 radical (unpaired) electrons. The lowest BCUT2D eigenvalue weighted by molar-refractivity contribution is 0.0465. The number of nitrogens with zero attached hydrogens (tertiary/aromatic N) is 2. The zero-order valence-electron chi connectivity index (χ0n) is 8.55. The van der Waals surface area contributed by atoms with Gasteiger partial charge in [0.15, 0.2) is 5.56 Å². The van der Waals surface area contributed by atoms with Gasteiger partial charge in [0.2, 0.25) is 0 Å². The first-order valence-electron chi connectivity index (χ1n) is 4.71. The van der Waals surface area contributed by atoms with Gasteiger partial charge in [-0.25, -0.2) is 9.78 Å². The Morgan fingerprint density at radius 2 is 2.25 bits per heavy atom. The van der Waals surface area contributed by atoms with E-state index in [0.29, 0.717) is 0 Å². The Kier molecular flexibility index (Phi) is 3.01. The lowest BCUT2D eigenvalue weighted by atomic mass is 10.2. The normalized spacial score (nSPS) is 12.4. The molecule has 1 atom stereocenters.